The zero-order valence-electron chi connectivity index (χ0n) is 11.2. The van der Waals surface area contributed by atoms with Crippen LogP contribution in [0.3, 0.4) is 0 Å². The molecule has 0 fully saturated rings. The number of nitrogens with two attached hydrogens (primary N) is 1. The molecule has 0 heterocycles. The molecule has 5 heteroatoms. The molecule has 0 radical (unpaired) electrons. The molecule has 0 spiro atoms. The second-order valence-corrected chi connectivity index (χ2v) is 5.66. The number of thiocarbonyl (C=S) groups is 1. The summed E-state index contributed by atoms with van der Waals surface area (Å²) < 4.78 is 6.16. The minimum absolute atomic E-state index is 0.387. The van der Waals surface area contributed by atoms with Gasteiger partial charge in [-0.1, -0.05) is 12.2 Å². The van der Waals surface area contributed by atoms with E-state index in [9.17, 15) is 0 Å². The van der Waals surface area contributed by atoms with Crippen molar-refractivity contribution in [1.29, 1.82) is 0 Å². The van der Waals surface area contributed by atoms with Crippen LogP contribution in [0.2, 0.25) is 0 Å². The van der Waals surface area contributed by atoms with Crippen LogP contribution >= 0.6 is 28.1 Å². The summed E-state index contributed by atoms with van der Waals surface area (Å²) in [6.45, 7) is 2.01. The van der Waals surface area contributed by atoms with Gasteiger partial charge in [-0.25, -0.2) is 0 Å². The first kappa shape index (κ1) is 14.8. The number of hydrogen-bond acceptors (Lipinski definition) is 3. The van der Waals surface area contributed by atoms with E-state index in [0.29, 0.717) is 4.99 Å². The second-order valence-electron chi connectivity index (χ2n) is 4.37. The summed E-state index contributed by atoms with van der Waals surface area (Å²) in [5, 5.41) is 3.34. The number of anilines is 2. The lowest BCUT2D eigenvalue weighted by molar-refractivity contribution is 0.412. The molecule has 20 heavy (non-hydrogen) atoms. The number of aryl methyl sites for hydroxylation is 1. The maximum Gasteiger partial charge on any atom is 0.121 e. The summed E-state index contributed by atoms with van der Waals surface area (Å²) in [5.41, 5.74) is 9.47. The lowest BCUT2D eigenvalue weighted by Gasteiger charge is -2.12. The Bertz CT molecular complexity index is 658. The number of halogens is 1. The maximum atomic E-state index is 5.61. The SMILES string of the molecule is COc1ccc(Nc2ccc(C(N)=S)cc2Br)cc1C. The van der Waals surface area contributed by atoms with Gasteiger partial charge < -0.3 is 15.8 Å². The summed E-state index contributed by atoms with van der Waals surface area (Å²) in [5.74, 6) is 0.874. The Balaban J connectivity index is 2.26. The molecule has 0 atom stereocenters. The van der Waals surface area contributed by atoms with Crippen molar-refractivity contribution >= 4 is 44.5 Å². The Morgan fingerprint density at radius 3 is 2.55 bits per heavy atom. The number of rotatable bonds is 4. The fourth-order valence-corrected chi connectivity index (χ4v) is 2.49. The van der Waals surface area contributed by atoms with Crippen molar-refractivity contribution in [2.45, 2.75) is 6.92 Å². The molecule has 3 N–H and O–H groups in total. The van der Waals surface area contributed by atoms with Gasteiger partial charge in [-0.15, -0.1) is 0 Å². The Hall–Kier alpha value is -1.59. The van der Waals surface area contributed by atoms with E-state index in [1.165, 1.54) is 0 Å². The van der Waals surface area contributed by atoms with E-state index in [4.69, 9.17) is 22.7 Å². The van der Waals surface area contributed by atoms with Gasteiger partial charge in [0, 0.05) is 15.7 Å². The van der Waals surface area contributed by atoms with E-state index in [-0.39, 0.29) is 0 Å². The van der Waals surface area contributed by atoms with E-state index in [0.717, 1.165) is 32.7 Å². The third kappa shape index (κ3) is 3.29. The highest BCUT2D eigenvalue weighted by Gasteiger charge is 2.05. The largest absolute Gasteiger partial charge is 0.496 e. The van der Waals surface area contributed by atoms with E-state index in [2.05, 4.69) is 21.2 Å². The van der Waals surface area contributed by atoms with Crippen molar-refractivity contribution in [1.82, 2.24) is 0 Å². The van der Waals surface area contributed by atoms with Crippen molar-refractivity contribution in [3.05, 3.63) is 52.0 Å². The number of nitrogens with one attached hydrogen (secondary N) is 1. The quantitative estimate of drug-likeness (QED) is 0.813. The van der Waals surface area contributed by atoms with E-state index in [1.807, 2.05) is 43.3 Å². The molecule has 0 saturated carbocycles. The minimum Gasteiger partial charge on any atom is -0.496 e. The lowest BCUT2D eigenvalue weighted by Crippen LogP contribution is -2.09. The predicted molar refractivity (Wildman–Crippen MR) is 91.0 cm³/mol. The third-order valence-electron chi connectivity index (χ3n) is 2.93. The smallest absolute Gasteiger partial charge is 0.121 e. The van der Waals surface area contributed by atoms with Crippen LogP contribution in [-0.4, -0.2) is 12.1 Å². The monoisotopic (exact) mass is 350 g/mol. The van der Waals surface area contributed by atoms with Crippen LogP contribution < -0.4 is 15.8 Å². The van der Waals surface area contributed by atoms with Gasteiger partial charge >= 0.3 is 0 Å². The Morgan fingerprint density at radius 1 is 1.25 bits per heavy atom. The molecule has 2 rings (SSSR count). The van der Waals surface area contributed by atoms with Crippen molar-refractivity contribution in [2.75, 3.05) is 12.4 Å². The van der Waals surface area contributed by atoms with Crippen molar-refractivity contribution < 1.29 is 4.74 Å². The summed E-state index contributed by atoms with van der Waals surface area (Å²) in [6, 6.07) is 11.7. The average molecular weight is 351 g/mol. The third-order valence-corrected chi connectivity index (χ3v) is 3.82. The van der Waals surface area contributed by atoms with Crippen molar-refractivity contribution in [2.24, 2.45) is 5.73 Å². The molecule has 0 aromatic heterocycles. The molecule has 2 aromatic rings. The molecule has 0 saturated heterocycles. The van der Waals surface area contributed by atoms with Crippen LogP contribution in [0.1, 0.15) is 11.1 Å². The van der Waals surface area contributed by atoms with Crippen molar-refractivity contribution in [3.63, 3.8) is 0 Å². The lowest BCUT2D eigenvalue weighted by atomic mass is 10.1. The van der Waals surface area contributed by atoms with E-state index < -0.39 is 0 Å². The number of ether oxygens (including phenoxy) is 1. The van der Waals surface area contributed by atoms with Gasteiger partial charge in [-0.2, -0.15) is 0 Å². The summed E-state index contributed by atoms with van der Waals surface area (Å²) in [7, 11) is 1.67. The molecule has 0 aliphatic heterocycles. The van der Waals surface area contributed by atoms with E-state index in [1.54, 1.807) is 7.11 Å². The Morgan fingerprint density at radius 2 is 2.00 bits per heavy atom. The summed E-state index contributed by atoms with van der Waals surface area (Å²) >= 11 is 8.48. The maximum absolute atomic E-state index is 5.61. The first-order valence-electron chi connectivity index (χ1n) is 6.02. The van der Waals surface area contributed by atoms with Gasteiger partial charge in [0.1, 0.15) is 10.7 Å². The van der Waals surface area contributed by atoms with Crippen LogP contribution in [0.5, 0.6) is 5.75 Å². The predicted octanol–water partition coefficient (Wildman–Crippen LogP) is 4.14. The first-order chi connectivity index (χ1) is 9.51. The molecule has 3 nitrogen and oxygen atoms in total. The molecule has 2 aromatic carbocycles. The summed E-state index contributed by atoms with van der Waals surface area (Å²) in [4.78, 5) is 0.387. The van der Waals surface area contributed by atoms with Crippen LogP contribution in [0.15, 0.2) is 40.9 Å². The van der Waals surface area contributed by atoms with Gasteiger partial charge in [0.25, 0.3) is 0 Å². The van der Waals surface area contributed by atoms with Gasteiger partial charge in [0.05, 0.1) is 12.8 Å². The van der Waals surface area contributed by atoms with Gasteiger partial charge in [-0.05, 0) is 64.8 Å². The highest BCUT2D eigenvalue weighted by molar-refractivity contribution is 9.10. The Kier molecular flexibility index (Phi) is 4.62. The molecule has 0 aliphatic rings. The van der Waals surface area contributed by atoms with Gasteiger partial charge in [0.15, 0.2) is 0 Å². The van der Waals surface area contributed by atoms with Gasteiger partial charge in [-0.3, -0.25) is 0 Å². The number of benzene rings is 2. The van der Waals surface area contributed by atoms with Crippen LogP contribution in [0, 0.1) is 6.92 Å². The highest BCUT2D eigenvalue weighted by atomic mass is 79.9. The summed E-state index contributed by atoms with van der Waals surface area (Å²) in [6.07, 6.45) is 0. The standard InChI is InChI=1S/C15H15BrN2OS/c1-9-7-11(4-6-14(9)19-2)18-13-5-3-10(15(17)20)8-12(13)16/h3-8,18H,1-2H3,(H2,17,20). The average Bonchev–Trinajstić information content (AvgIpc) is 2.41. The fraction of sp³-hybridized carbons (Fsp3) is 0.133. The fourth-order valence-electron chi connectivity index (χ4n) is 1.88. The second kappa shape index (κ2) is 6.24. The van der Waals surface area contributed by atoms with E-state index >= 15 is 0 Å². The number of methoxy groups -OCH3 is 1. The van der Waals surface area contributed by atoms with Crippen LogP contribution in [0.4, 0.5) is 11.4 Å². The topological polar surface area (TPSA) is 47.3 Å². The zero-order valence-corrected chi connectivity index (χ0v) is 13.6. The minimum atomic E-state index is 0.387. The molecular weight excluding hydrogens is 336 g/mol. The molecule has 0 aliphatic carbocycles. The number of hydrogen-bond donors (Lipinski definition) is 2. The Labute approximate surface area is 132 Å². The zero-order chi connectivity index (χ0) is 14.7. The van der Waals surface area contributed by atoms with Gasteiger partial charge in [0.2, 0.25) is 0 Å². The first-order valence-corrected chi connectivity index (χ1v) is 7.22. The highest BCUT2D eigenvalue weighted by Crippen LogP contribution is 2.29. The molecule has 104 valence electrons. The molecule has 0 amide bonds. The molecule has 0 unspecified atom stereocenters. The normalized spacial score (nSPS) is 10.2. The molecule has 0 bridgehead atoms. The van der Waals surface area contributed by atoms with Crippen LogP contribution in [0.25, 0.3) is 0 Å². The van der Waals surface area contributed by atoms with Crippen LogP contribution in [-0.2, 0) is 0 Å². The van der Waals surface area contributed by atoms with Crippen molar-refractivity contribution in [3.8, 4) is 5.75 Å². The molecular formula is C15H15BrN2OS.